The number of hydrogen-bond acceptors (Lipinski definition) is 2. The molecule has 0 bridgehead atoms. The Kier molecular flexibility index (Phi) is 11.0. The Morgan fingerprint density at radius 1 is 0.490 bits per heavy atom. The molecule has 0 saturated heterocycles. The molecule has 0 atom stereocenters. The molecule has 4 heteroatoms. The van der Waals surface area contributed by atoms with Gasteiger partial charge >= 0.3 is 0 Å². The van der Waals surface area contributed by atoms with E-state index in [1.54, 1.807) is 0 Å². The number of nitrogens with zero attached hydrogens (tertiary/aromatic N) is 2. The minimum Gasteiger partial charge on any atom is -0.289 e. The minimum atomic E-state index is -1.22. The van der Waals surface area contributed by atoms with Gasteiger partial charge in [0.05, 0.1) is 19.6 Å². The van der Waals surface area contributed by atoms with Gasteiger partial charge in [0.25, 0.3) is 0 Å². The van der Waals surface area contributed by atoms with Crippen LogP contribution in [0.1, 0.15) is 53.6 Å². The van der Waals surface area contributed by atoms with E-state index in [-0.39, 0.29) is 5.78 Å². The fourth-order valence-corrected chi connectivity index (χ4v) is 8.26. The monoisotopic (exact) mass is 666 g/mol. The Hall–Kier alpha value is -5.48. The molecule has 0 unspecified atom stereocenters. The standard InChI is InChI=1S/C24H20B.C23H27N2O/c1-5-13-21(14-6-1)25(22-15-7-2-8-16-22,23-17-9-3-10-18-23)24-19-11-4-12-20-24;26-23(20-8-3-1-4-9-20)21-13-11-19(12-14-21)18-25-17-7-16-24-15-6-2-5-10-22(24)25/h1-20H;1,3-4,8-9,11-14H,2,5-7,10,15-18H2/q-1;+1. The van der Waals surface area contributed by atoms with Crippen molar-refractivity contribution in [2.75, 3.05) is 19.6 Å². The number of rotatable bonds is 8. The van der Waals surface area contributed by atoms with Crippen LogP contribution in [0.4, 0.5) is 0 Å². The van der Waals surface area contributed by atoms with Crippen molar-refractivity contribution in [3.05, 3.63) is 193 Å². The van der Waals surface area contributed by atoms with Crippen molar-refractivity contribution < 1.29 is 9.37 Å². The highest BCUT2D eigenvalue weighted by molar-refractivity contribution is 7.19. The highest BCUT2D eigenvalue weighted by atomic mass is 16.1. The van der Waals surface area contributed by atoms with Gasteiger partial charge in [-0.3, -0.25) is 14.3 Å². The van der Waals surface area contributed by atoms with E-state index in [1.807, 2.05) is 42.5 Å². The number of carbonyl (C=O) groups excluding carboxylic acids is 1. The quantitative estimate of drug-likeness (QED) is 0.0978. The Balaban J connectivity index is 0.000000159. The average molecular weight is 667 g/mol. The summed E-state index contributed by atoms with van der Waals surface area (Å²) in [4.78, 5) is 15.1. The lowest BCUT2D eigenvalue weighted by Crippen LogP contribution is -2.74. The van der Waals surface area contributed by atoms with Crippen LogP contribution in [0.15, 0.2) is 176 Å². The molecule has 6 aromatic rings. The van der Waals surface area contributed by atoms with Crippen LogP contribution < -0.4 is 21.9 Å². The summed E-state index contributed by atoms with van der Waals surface area (Å²) in [7, 11) is 0. The first kappa shape index (κ1) is 34.0. The van der Waals surface area contributed by atoms with Crippen LogP contribution in [-0.4, -0.2) is 46.9 Å². The molecule has 254 valence electrons. The van der Waals surface area contributed by atoms with Crippen molar-refractivity contribution in [2.24, 2.45) is 0 Å². The normalized spacial score (nSPS) is 14.5. The molecule has 2 heterocycles. The van der Waals surface area contributed by atoms with Crippen LogP contribution in [0.3, 0.4) is 0 Å². The number of ketones is 1. The molecule has 51 heavy (non-hydrogen) atoms. The molecule has 0 aliphatic carbocycles. The predicted molar refractivity (Wildman–Crippen MR) is 215 cm³/mol. The van der Waals surface area contributed by atoms with Crippen LogP contribution in [0.2, 0.25) is 0 Å². The largest absolute Gasteiger partial charge is 0.289 e. The third kappa shape index (κ3) is 7.66. The molecule has 0 saturated carbocycles. The van der Waals surface area contributed by atoms with Gasteiger partial charge in [-0.1, -0.05) is 176 Å². The zero-order valence-corrected chi connectivity index (χ0v) is 29.5. The molecule has 2 aliphatic heterocycles. The molecule has 3 nitrogen and oxygen atoms in total. The molecule has 0 spiro atoms. The lowest BCUT2D eigenvalue weighted by Gasteiger charge is -2.44. The van der Waals surface area contributed by atoms with E-state index in [4.69, 9.17) is 0 Å². The van der Waals surface area contributed by atoms with Crippen molar-refractivity contribution >= 4 is 39.6 Å². The van der Waals surface area contributed by atoms with Crippen molar-refractivity contribution in [1.82, 2.24) is 4.90 Å². The Morgan fingerprint density at radius 2 is 0.922 bits per heavy atom. The first-order valence-corrected chi connectivity index (χ1v) is 18.7. The van der Waals surface area contributed by atoms with E-state index in [0.717, 1.165) is 24.2 Å². The summed E-state index contributed by atoms with van der Waals surface area (Å²) in [5.41, 5.74) is 8.16. The zero-order chi connectivity index (χ0) is 34.7. The summed E-state index contributed by atoms with van der Waals surface area (Å²) < 4.78 is 2.60. The van der Waals surface area contributed by atoms with Crippen LogP contribution in [0.5, 0.6) is 0 Å². The maximum Gasteiger partial charge on any atom is 0.247 e. The molecular formula is C47H47BN2O. The van der Waals surface area contributed by atoms with E-state index >= 15 is 0 Å². The summed E-state index contributed by atoms with van der Waals surface area (Å²) in [6, 6.07) is 61.2. The zero-order valence-electron chi connectivity index (χ0n) is 29.5. The summed E-state index contributed by atoms with van der Waals surface area (Å²) in [6.45, 7) is 4.54. The molecular weight excluding hydrogens is 619 g/mol. The van der Waals surface area contributed by atoms with Gasteiger partial charge in [0.1, 0.15) is 12.7 Å². The molecule has 0 fully saturated rings. The molecule has 0 aromatic heterocycles. The van der Waals surface area contributed by atoms with Crippen molar-refractivity contribution in [2.45, 2.75) is 38.6 Å². The average Bonchev–Trinajstić information content (AvgIpc) is 3.47. The molecule has 0 N–H and O–H groups in total. The van der Waals surface area contributed by atoms with Gasteiger partial charge in [-0.25, -0.2) is 0 Å². The first-order valence-electron chi connectivity index (χ1n) is 18.7. The third-order valence-electron chi connectivity index (χ3n) is 10.7. The fourth-order valence-electron chi connectivity index (χ4n) is 8.26. The number of hydrogen-bond donors (Lipinski definition) is 0. The predicted octanol–water partition coefficient (Wildman–Crippen LogP) is 7.17. The van der Waals surface area contributed by atoms with Crippen LogP contribution >= 0.6 is 0 Å². The second-order valence-electron chi connectivity index (χ2n) is 13.9. The van der Waals surface area contributed by atoms with Crippen LogP contribution in [0.25, 0.3) is 0 Å². The number of benzene rings is 6. The second-order valence-corrected chi connectivity index (χ2v) is 13.9. The highest BCUT2D eigenvalue weighted by Gasteiger charge is 2.31. The topological polar surface area (TPSA) is 23.3 Å². The minimum absolute atomic E-state index is 0.0967. The Bertz CT molecular complexity index is 1850. The molecule has 0 radical (unpaired) electrons. The van der Waals surface area contributed by atoms with Crippen LogP contribution in [0, 0.1) is 0 Å². The summed E-state index contributed by atoms with van der Waals surface area (Å²) in [6.07, 6.45) is 5.23. The lowest BCUT2D eigenvalue weighted by molar-refractivity contribution is -0.539. The highest BCUT2D eigenvalue weighted by Crippen LogP contribution is 2.19. The smallest absolute Gasteiger partial charge is 0.247 e. The molecule has 6 aromatic carbocycles. The maximum absolute atomic E-state index is 12.6. The Labute approximate surface area is 303 Å². The maximum atomic E-state index is 12.6. The van der Waals surface area contributed by atoms with Crippen molar-refractivity contribution in [1.29, 1.82) is 0 Å². The second kappa shape index (κ2) is 16.5. The van der Waals surface area contributed by atoms with Gasteiger partial charge in [-0.05, 0) is 24.8 Å². The number of carbonyl (C=O) groups is 1. The molecule has 2 aliphatic rings. The van der Waals surface area contributed by atoms with Gasteiger partial charge in [-0.15, -0.1) is 0 Å². The van der Waals surface area contributed by atoms with Crippen molar-refractivity contribution in [3.63, 3.8) is 0 Å². The fraction of sp³-hybridized carbons (Fsp3) is 0.191. The first-order chi connectivity index (χ1) is 25.2. The van der Waals surface area contributed by atoms with E-state index in [0.29, 0.717) is 0 Å². The summed E-state index contributed by atoms with van der Waals surface area (Å²) in [5, 5.41) is 0. The van der Waals surface area contributed by atoms with Gasteiger partial charge in [0, 0.05) is 24.0 Å². The van der Waals surface area contributed by atoms with Gasteiger partial charge in [-0.2, -0.15) is 21.9 Å². The van der Waals surface area contributed by atoms with Gasteiger partial charge in [0.15, 0.2) is 5.78 Å². The SMILES string of the molecule is O=C(c1ccccc1)c1ccc(CN2CCC[N+]3=C2CCCCC3)cc1.c1ccc([B-](c2ccccc2)(c2ccccc2)c2ccccc2)cc1. The summed E-state index contributed by atoms with van der Waals surface area (Å²) >= 11 is 0. The van der Waals surface area contributed by atoms with Crippen molar-refractivity contribution in [3.8, 4) is 0 Å². The van der Waals surface area contributed by atoms with E-state index in [9.17, 15) is 4.79 Å². The lowest BCUT2D eigenvalue weighted by atomic mass is 9.13. The van der Waals surface area contributed by atoms with E-state index in [2.05, 4.69) is 143 Å². The number of amidine groups is 1. The van der Waals surface area contributed by atoms with Gasteiger partial charge in [0.2, 0.25) is 5.84 Å². The summed E-state index contributed by atoms with van der Waals surface area (Å²) in [5.74, 6) is 1.64. The molecule has 8 rings (SSSR count). The van der Waals surface area contributed by atoms with E-state index in [1.165, 1.54) is 78.4 Å². The Morgan fingerprint density at radius 3 is 1.41 bits per heavy atom. The van der Waals surface area contributed by atoms with Gasteiger partial charge < -0.3 is 0 Å². The molecule has 0 amide bonds. The van der Waals surface area contributed by atoms with E-state index < -0.39 is 6.15 Å². The van der Waals surface area contributed by atoms with Crippen LogP contribution in [-0.2, 0) is 6.54 Å². The third-order valence-corrected chi connectivity index (χ3v) is 10.7.